The summed E-state index contributed by atoms with van der Waals surface area (Å²) in [5.74, 6) is 1.99. The number of rotatable bonds is 8. The predicted octanol–water partition coefficient (Wildman–Crippen LogP) is 9.74. The van der Waals surface area contributed by atoms with Crippen molar-refractivity contribution in [2.24, 2.45) is 4.99 Å². The fourth-order valence-corrected chi connectivity index (χ4v) is 5.52. The SMILES string of the molecule is COc1cc(C=Nc2oc(-c3ccccc3)c(-c3ccccc3)c2C#N)cc(Br)c1OCc1cccc2ccccc12. The van der Waals surface area contributed by atoms with Gasteiger partial charge in [-0.3, -0.25) is 0 Å². The molecule has 6 heteroatoms. The molecule has 0 aliphatic rings. The number of hydrogen-bond donors (Lipinski definition) is 0. The number of halogens is 1. The molecule has 0 N–H and O–H groups in total. The molecule has 0 fully saturated rings. The first-order valence-electron chi connectivity index (χ1n) is 13.3. The first-order valence-corrected chi connectivity index (χ1v) is 14.1. The zero-order valence-corrected chi connectivity index (χ0v) is 24.3. The molecule has 6 aromatic rings. The van der Waals surface area contributed by atoms with E-state index in [0.717, 1.165) is 37.5 Å². The average Bonchev–Trinajstić information content (AvgIpc) is 3.42. The van der Waals surface area contributed by atoms with Crippen LogP contribution in [0.4, 0.5) is 5.88 Å². The Bertz CT molecular complexity index is 1940. The standard InChI is InChI=1S/C36H25BrN2O3/c1-40-32-20-24(19-31(37)35(32)41-23-28-17-10-16-25-11-8-9-18-29(25)28)22-39-36-30(21-38)33(26-12-4-2-5-13-26)34(42-36)27-14-6-3-7-15-27/h2-20,22H,23H2,1H3. The molecule has 0 atom stereocenters. The summed E-state index contributed by atoms with van der Waals surface area (Å²) in [6.07, 6.45) is 1.66. The van der Waals surface area contributed by atoms with E-state index in [1.165, 1.54) is 0 Å². The maximum atomic E-state index is 10.2. The van der Waals surface area contributed by atoms with Crippen molar-refractivity contribution in [1.82, 2.24) is 0 Å². The predicted molar refractivity (Wildman–Crippen MR) is 171 cm³/mol. The van der Waals surface area contributed by atoms with Crippen molar-refractivity contribution in [2.45, 2.75) is 6.61 Å². The Balaban J connectivity index is 1.33. The van der Waals surface area contributed by atoms with Crippen LogP contribution in [0.25, 0.3) is 33.2 Å². The number of furan rings is 1. The second kappa shape index (κ2) is 12.2. The number of fused-ring (bicyclic) bond motifs is 1. The van der Waals surface area contributed by atoms with Gasteiger partial charge in [0.2, 0.25) is 5.88 Å². The molecule has 0 aliphatic heterocycles. The largest absolute Gasteiger partial charge is 0.493 e. The molecule has 5 nitrogen and oxygen atoms in total. The van der Waals surface area contributed by atoms with Gasteiger partial charge in [0.25, 0.3) is 0 Å². The van der Waals surface area contributed by atoms with Gasteiger partial charge in [0, 0.05) is 17.3 Å². The van der Waals surface area contributed by atoms with Crippen LogP contribution < -0.4 is 9.47 Å². The van der Waals surface area contributed by atoms with Crippen LogP contribution >= 0.6 is 15.9 Å². The van der Waals surface area contributed by atoms with Gasteiger partial charge in [-0.15, -0.1) is 0 Å². The quantitative estimate of drug-likeness (QED) is 0.160. The van der Waals surface area contributed by atoms with Crippen LogP contribution in [0.15, 0.2) is 129 Å². The minimum absolute atomic E-state index is 0.238. The normalized spacial score (nSPS) is 11.1. The molecule has 0 bridgehead atoms. The van der Waals surface area contributed by atoms with E-state index in [4.69, 9.17) is 13.9 Å². The molecule has 0 unspecified atom stereocenters. The fourth-order valence-electron chi connectivity index (χ4n) is 4.94. The Morgan fingerprint density at radius 2 is 1.55 bits per heavy atom. The molecule has 0 amide bonds. The number of nitriles is 1. The lowest BCUT2D eigenvalue weighted by atomic mass is 9.98. The molecule has 1 heterocycles. The summed E-state index contributed by atoms with van der Waals surface area (Å²) in [7, 11) is 1.60. The molecule has 0 spiro atoms. The molecule has 204 valence electrons. The van der Waals surface area contributed by atoms with Gasteiger partial charge in [0.05, 0.1) is 11.6 Å². The Labute approximate surface area is 252 Å². The third-order valence-corrected chi connectivity index (χ3v) is 7.52. The molecule has 0 saturated carbocycles. The second-order valence-corrected chi connectivity index (χ2v) is 10.4. The molecular weight excluding hydrogens is 588 g/mol. The van der Waals surface area contributed by atoms with Crippen molar-refractivity contribution in [2.75, 3.05) is 7.11 Å². The Morgan fingerprint density at radius 3 is 2.29 bits per heavy atom. The molecule has 0 saturated heterocycles. The highest BCUT2D eigenvalue weighted by molar-refractivity contribution is 9.10. The van der Waals surface area contributed by atoms with Crippen molar-refractivity contribution in [3.63, 3.8) is 0 Å². The van der Waals surface area contributed by atoms with Gasteiger partial charge in [0.15, 0.2) is 11.5 Å². The van der Waals surface area contributed by atoms with Gasteiger partial charge < -0.3 is 13.9 Å². The van der Waals surface area contributed by atoms with Crippen LogP contribution in [-0.2, 0) is 6.61 Å². The number of methoxy groups -OCH3 is 1. The van der Waals surface area contributed by atoms with Crippen molar-refractivity contribution in [1.29, 1.82) is 5.26 Å². The highest BCUT2D eigenvalue weighted by atomic mass is 79.9. The first-order chi connectivity index (χ1) is 20.7. The maximum Gasteiger partial charge on any atom is 0.238 e. The highest BCUT2D eigenvalue weighted by Gasteiger charge is 2.22. The minimum atomic E-state index is 0.238. The van der Waals surface area contributed by atoms with E-state index in [0.29, 0.717) is 35.0 Å². The third-order valence-electron chi connectivity index (χ3n) is 6.93. The monoisotopic (exact) mass is 612 g/mol. The fraction of sp³-hybridized carbons (Fsp3) is 0.0556. The number of aliphatic imine (C=N–C) groups is 1. The summed E-state index contributed by atoms with van der Waals surface area (Å²) < 4.78 is 18.9. The number of nitrogens with zero attached hydrogens (tertiary/aromatic N) is 2. The van der Waals surface area contributed by atoms with E-state index < -0.39 is 0 Å². The van der Waals surface area contributed by atoms with Gasteiger partial charge >= 0.3 is 0 Å². The third kappa shape index (κ3) is 5.43. The molecule has 42 heavy (non-hydrogen) atoms. The van der Waals surface area contributed by atoms with Crippen LogP contribution in [0.2, 0.25) is 0 Å². The molecular formula is C36H25BrN2O3. The smallest absolute Gasteiger partial charge is 0.238 e. The first kappa shape index (κ1) is 27.1. The van der Waals surface area contributed by atoms with E-state index in [9.17, 15) is 5.26 Å². The van der Waals surface area contributed by atoms with Crippen LogP contribution in [0.1, 0.15) is 16.7 Å². The van der Waals surface area contributed by atoms with Gasteiger partial charge in [-0.1, -0.05) is 103 Å². The Kier molecular flexibility index (Phi) is 7.85. The number of ether oxygens (including phenoxy) is 2. The van der Waals surface area contributed by atoms with Crippen molar-refractivity contribution >= 4 is 38.8 Å². The maximum absolute atomic E-state index is 10.2. The zero-order chi connectivity index (χ0) is 28.9. The lowest BCUT2D eigenvalue weighted by molar-refractivity contribution is 0.283. The molecule has 0 radical (unpaired) electrons. The molecule has 6 rings (SSSR count). The average molecular weight is 614 g/mol. The van der Waals surface area contributed by atoms with Crippen LogP contribution in [-0.4, -0.2) is 13.3 Å². The van der Waals surface area contributed by atoms with E-state index in [1.807, 2.05) is 91.0 Å². The molecule has 1 aromatic heterocycles. The Hall–Kier alpha value is -5.12. The van der Waals surface area contributed by atoms with E-state index in [1.54, 1.807) is 13.3 Å². The summed E-state index contributed by atoms with van der Waals surface area (Å²) >= 11 is 3.65. The van der Waals surface area contributed by atoms with Crippen LogP contribution in [0.3, 0.4) is 0 Å². The topological polar surface area (TPSA) is 67.8 Å². The minimum Gasteiger partial charge on any atom is -0.493 e. The highest BCUT2D eigenvalue weighted by Crippen LogP contribution is 2.43. The molecule has 0 aliphatic carbocycles. The summed E-state index contributed by atoms with van der Waals surface area (Å²) in [4.78, 5) is 4.62. The number of benzene rings is 5. The summed E-state index contributed by atoms with van der Waals surface area (Å²) in [6, 6.07) is 40.0. The van der Waals surface area contributed by atoms with E-state index >= 15 is 0 Å². The van der Waals surface area contributed by atoms with Gasteiger partial charge in [-0.05, 0) is 55.5 Å². The van der Waals surface area contributed by atoms with Crippen LogP contribution in [0, 0.1) is 11.3 Å². The van der Waals surface area contributed by atoms with Crippen molar-refractivity contribution < 1.29 is 13.9 Å². The van der Waals surface area contributed by atoms with Gasteiger partial charge in [-0.25, -0.2) is 4.99 Å². The lowest BCUT2D eigenvalue weighted by Gasteiger charge is -2.14. The zero-order valence-electron chi connectivity index (χ0n) is 22.8. The summed E-state index contributed by atoms with van der Waals surface area (Å²) in [5.41, 5.74) is 4.67. The van der Waals surface area contributed by atoms with E-state index in [2.05, 4.69) is 51.3 Å². The second-order valence-electron chi connectivity index (χ2n) is 9.55. The summed E-state index contributed by atoms with van der Waals surface area (Å²) in [6.45, 7) is 0.381. The van der Waals surface area contributed by atoms with Crippen molar-refractivity contribution in [3.05, 3.63) is 136 Å². The summed E-state index contributed by atoms with van der Waals surface area (Å²) in [5, 5.41) is 12.5. The van der Waals surface area contributed by atoms with Crippen molar-refractivity contribution in [3.8, 4) is 40.0 Å². The Morgan fingerprint density at radius 1 is 0.857 bits per heavy atom. The van der Waals surface area contributed by atoms with Crippen LogP contribution in [0.5, 0.6) is 11.5 Å². The van der Waals surface area contributed by atoms with Gasteiger partial charge in [0.1, 0.15) is 24.0 Å². The molecule has 5 aromatic carbocycles. The van der Waals surface area contributed by atoms with E-state index in [-0.39, 0.29) is 5.88 Å². The number of hydrogen-bond acceptors (Lipinski definition) is 5. The van der Waals surface area contributed by atoms with Gasteiger partial charge in [-0.2, -0.15) is 5.26 Å². The lowest BCUT2D eigenvalue weighted by Crippen LogP contribution is -2.00.